The number of ether oxygens (including phenoxy) is 1. The van der Waals surface area contributed by atoms with Gasteiger partial charge in [-0.2, -0.15) is 0 Å². The second-order valence-electron chi connectivity index (χ2n) is 3.37. The molecular formula is C12H15FO2S. The normalized spacial score (nSPS) is 10.4. The van der Waals surface area contributed by atoms with Crippen LogP contribution in [0.5, 0.6) is 0 Å². The average Bonchev–Trinajstić information content (AvgIpc) is 2.25. The van der Waals surface area contributed by atoms with Crippen LogP contribution in [-0.4, -0.2) is 25.3 Å². The second kappa shape index (κ2) is 6.66. The lowest BCUT2D eigenvalue weighted by atomic mass is 10.1. The lowest BCUT2D eigenvalue weighted by molar-refractivity contribution is 0.101. The Hall–Kier alpha value is -0.870. The fraction of sp³-hybridized carbons (Fsp3) is 0.417. The van der Waals surface area contributed by atoms with Gasteiger partial charge in [0.2, 0.25) is 0 Å². The third-order valence-corrected chi connectivity index (χ3v) is 3.28. The van der Waals surface area contributed by atoms with Crippen LogP contribution in [0.25, 0.3) is 0 Å². The first-order chi connectivity index (χ1) is 7.66. The highest BCUT2D eigenvalue weighted by molar-refractivity contribution is 7.99. The van der Waals surface area contributed by atoms with E-state index in [-0.39, 0.29) is 11.6 Å². The van der Waals surface area contributed by atoms with Crippen molar-refractivity contribution in [2.45, 2.75) is 18.2 Å². The van der Waals surface area contributed by atoms with E-state index in [1.807, 2.05) is 0 Å². The molecular weight excluding hydrogens is 227 g/mol. The first kappa shape index (κ1) is 13.2. The lowest BCUT2D eigenvalue weighted by Crippen LogP contribution is -1.99. The molecule has 0 saturated carbocycles. The number of carbonyl (C=O) groups is 1. The van der Waals surface area contributed by atoms with Crippen LogP contribution in [0.1, 0.15) is 23.7 Å². The molecule has 0 N–H and O–H groups in total. The highest BCUT2D eigenvalue weighted by Crippen LogP contribution is 2.26. The third-order valence-electron chi connectivity index (χ3n) is 2.09. The maximum Gasteiger partial charge on any atom is 0.161 e. The maximum atomic E-state index is 13.5. The minimum atomic E-state index is -0.324. The predicted molar refractivity (Wildman–Crippen MR) is 63.6 cm³/mol. The largest absolute Gasteiger partial charge is 0.385 e. The zero-order valence-electron chi connectivity index (χ0n) is 9.46. The molecule has 0 fully saturated rings. The average molecular weight is 242 g/mol. The van der Waals surface area contributed by atoms with Gasteiger partial charge >= 0.3 is 0 Å². The number of ketones is 1. The Labute approximate surface area is 99.2 Å². The van der Waals surface area contributed by atoms with Gasteiger partial charge in [0.15, 0.2) is 5.78 Å². The molecule has 1 aromatic carbocycles. The first-order valence-electron chi connectivity index (χ1n) is 5.08. The summed E-state index contributed by atoms with van der Waals surface area (Å²) in [7, 11) is 1.63. The SMILES string of the molecule is COCCCSc1c(F)cccc1C(C)=O. The van der Waals surface area contributed by atoms with Crippen LogP contribution in [0.2, 0.25) is 0 Å². The third kappa shape index (κ3) is 3.61. The van der Waals surface area contributed by atoms with Crippen molar-refractivity contribution in [2.75, 3.05) is 19.5 Å². The number of carbonyl (C=O) groups excluding carboxylic acids is 1. The van der Waals surface area contributed by atoms with E-state index in [1.54, 1.807) is 19.2 Å². The second-order valence-corrected chi connectivity index (χ2v) is 4.47. The molecule has 0 atom stereocenters. The van der Waals surface area contributed by atoms with E-state index < -0.39 is 0 Å². The van der Waals surface area contributed by atoms with Crippen LogP contribution in [0.3, 0.4) is 0 Å². The van der Waals surface area contributed by atoms with Gasteiger partial charge in [0.05, 0.1) is 4.90 Å². The van der Waals surface area contributed by atoms with Gasteiger partial charge in [-0.25, -0.2) is 4.39 Å². The number of Topliss-reactive ketones (excluding diaryl/α,β-unsaturated/α-hetero) is 1. The highest BCUT2D eigenvalue weighted by Gasteiger charge is 2.11. The van der Waals surface area contributed by atoms with Crippen molar-refractivity contribution >= 4 is 17.5 Å². The van der Waals surface area contributed by atoms with E-state index in [4.69, 9.17) is 4.74 Å². The summed E-state index contributed by atoms with van der Waals surface area (Å²) in [5, 5.41) is 0. The van der Waals surface area contributed by atoms with Crippen molar-refractivity contribution in [2.24, 2.45) is 0 Å². The van der Waals surface area contributed by atoms with E-state index in [0.717, 1.165) is 12.2 Å². The van der Waals surface area contributed by atoms with Crippen LogP contribution < -0.4 is 0 Å². The van der Waals surface area contributed by atoms with Gasteiger partial charge in [0.25, 0.3) is 0 Å². The van der Waals surface area contributed by atoms with Crippen molar-refractivity contribution in [3.8, 4) is 0 Å². The lowest BCUT2D eigenvalue weighted by Gasteiger charge is -2.07. The molecule has 0 heterocycles. The molecule has 0 aliphatic carbocycles. The quantitative estimate of drug-likeness (QED) is 0.435. The van der Waals surface area contributed by atoms with Gasteiger partial charge < -0.3 is 4.74 Å². The Morgan fingerprint density at radius 1 is 1.50 bits per heavy atom. The summed E-state index contributed by atoms with van der Waals surface area (Å²) in [6, 6.07) is 4.60. The van der Waals surface area contributed by atoms with Crippen molar-refractivity contribution in [1.82, 2.24) is 0 Å². The monoisotopic (exact) mass is 242 g/mol. The molecule has 0 spiro atoms. The van der Waals surface area contributed by atoms with Crippen molar-refractivity contribution in [3.63, 3.8) is 0 Å². The summed E-state index contributed by atoms with van der Waals surface area (Å²) >= 11 is 1.37. The number of hydrogen-bond acceptors (Lipinski definition) is 3. The first-order valence-corrected chi connectivity index (χ1v) is 6.06. The number of thioether (sulfide) groups is 1. The molecule has 4 heteroatoms. The van der Waals surface area contributed by atoms with Gasteiger partial charge in [-0.1, -0.05) is 12.1 Å². The number of halogens is 1. The standard InChI is InChI=1S/C12H15FO2S/c1-9(14)10-5-3-6-11(13)12(10)16-8-4-7-15-2/h3,5-6H,4,7-8H2,1-2H3. The molecule has 16 heavy (non-hydrogen) atoms. The smallest absolute Gasteiger partial charge is 0.161 e. The van der Waals surface area contributed by atoms with Crippen LogP contribution in [-0.2, 0) is 4.74 Å². The van der Waals surface area contributed by atoms with Crippen LogP contribution >= 0.6 is 11.8 Å². The van der Waals surface area contributed by atoms with Gasteiger partial charge in [-0.05, 0) is 19.4 Å². The predicted octanol–water partition coefficient (Wildman–Crippen LogP) is 3.16. The molecule has 0 amide bonds. The number of methoxy groups -OCH3 is 1. The fourth-order valence-electron chi connectivity index (χ4n) is 1.31. The van der Waals surface area contributed by atoms with E-state index in [2.05, 4.69) is 0 Å². The Balaban J connectivity index is 2.73. The molecule has 1 aromatic rings. The van der Waals surface area contributed by atoms with Gasteiger partial charge in [-0.15, -0.1) is 11.8 Å². The molecule has 0 aliphatic rings. The number of rotatable bonds is 6. The van der Waals surface area contributed by atoms with Crippen LogP contribution in [0, 0.1) is 5.82 Å². The van der Waals surface area contributed by atoms with Crippen molar-refractivity contribution in [3.05, 3.63) is 29.6 Å². The van der Waals surface area contributed by atoms with Gasteiger partial charge in [0, 0.05) is 25.0 Å². The molecule has 1 rings (SSSR count). The Morgan fingerprint density at radius 3 is 2.88 bits per heavy atom. The summed E-state index contributed by atoms with van der Waals surface area (Å²) in [6.07, 6.45) is 0.840. The molecule has 0 aromatic heterocycles. The minimum Gasteiger partial charge on any atom is -0.385 e. The molecule has 88 valence electrons. The van der Waals surface area contributed by atoms with E-state index in [0.29, 0.717) is 17.1 Å². The topological polar surface area (TPSA) is 26.3 Å². The number of hydrogen-bond donors (Lipinski definition) is 0. The summed E-state index contributed by atoms with van der Waals surface area (Å²) in [6.45, 7) is 2.10. The maximum absolute atomic E-state index is 13.5. The Bertz CT molecular complexity index is 366. The van der Waals surface area contributed by atoms with Crippen LogP contribution in [0.4, 0.5) is 4.39 Å². The van der Waals surface area contributed by atoms with Gasteiger partial charge in [0.1, 0.15) is 5.82 Å². The molecule has 0 bridgehead atoms. The van der Waals surface area contributed by atoms with Crippen molar-refractivity contribution < 1.29 is 13.9 Å². The van der Waals surface area contributed by atoms with Crippen LogP contribution in [0.15, 0.2) is 23.1 Å². The van der Waals surface area contributed by atoms with Gasteiger partial charge in [-0.3, -0.25) is 4.79 Å². The molecule has 2 nitrogen and oxygen atoms in total. The zero-order chi connectivity index (χ0) is 12.0. The summed E-state index contributed by atoms with van der Waals surface area (Å²) in [5.74, 6) is 0.318. The van der Waals surface area contributed by atoms with Crippen molar-refractivity contribution in [1.29, 1.82) is 0 Å². The summed E-state index contributed by atoms with van der Waals surface area (Å²) in [5.41, 5.74) is 0.461. The Kier molecular flexibility index (Phi) is 5.49. The highest BCUT2D eigenvalue weighted by atomic mass is 32.2. The summed E-state index contributed by atoms with van der Waals surface area (Å²) < 4.78 is 18.4. The molecule has 0 aliphatic heterocycles. The minimum absolute atomic E-state index is 0.103. The molecule has 0 radical (unpaired) electrons. The molecule has 0 unspecified atom stereocenters. The van der Waals surface area contributed by atoms with E-state index in [9.17, 15) is 9.18 Å². The fourth-order valence-corrected chi connectivity index (χ4v) is 2.35. The zero-order valence-corrected chi connectivity index (χ0v) is 10.3. The summed E-state index contributed by atoms with van der Waals surface area (Å²) in [4.78, 5) is 11.8. The van der Waals surface area contributed by atoms with E-state index in [1.165, 1.54) is 24.8 Å². The van der Waals surface area contributed by atoms with E-state index >= 15 is 0 Å². The molecule has 0 saturated heterocycles. The number of benzene rings is 1. The Morgan fingerprint density at radius 2 is 2.25 bits per heavy atom.